The van der Waals surface area contributed by atoms with E-state index in [0.29, 0.717) is 30.2 Å². The van der Waals surface area contributed by atoms with Gasteiger partial charge in [0, 0.05) is 42.2 Å². The van der Waals surface area contributed by atoms with Gasteiger partial charge in [0.15, 0.2) is 0 Å². The van der Waals surface area contributed by atoms with Crippen LogP contribution >= 0.6 is 0 Å². The number of hydrogen-bond acceptors (Lipinski definition) is 5. The normalized spacial score (nSPS) is 10.5. The second-order valence-corrected chi connectivity index (χ2v) is 6.45. The monoisotopic (exact) mass is 378 g/mol. The van der Waals surface area contributed by atoms with Crippen LogP contribution in [0.4, 0.5) is 0 Å². The number of aromatic amines is 1. The van der Waals surface area contributed by atoms with Crippen molar-refractivity contribution in [2.75, 3.05) is 6.61 Å². The van der Waals surface area contributed by atoms with Crippen molar-refractivity contribution in [1.82, 2.24) is 20.3 Å². The van der Waals surface area contributed by atoms with Gasteiger partial charge in [-0.05, 0) is 49.2 Å². The van der Waals surface area contributed by atoms with Crippen LogP contribution in [-0.4, -0.2) is 27.5 Å². The number of hydrogen-bond donors (Lipinski definition) is 2. The zero-order valence-electron chi connectivity index (χ0n) is 15.9. The summed E-state index contributed by atoms with van der Waals surface area (Å²) in [5, 5.41) is 2.80. The maximum Gasteiger partial charge on any atom is 0.316 e. The van der Waals surface area contributed by atoms with Crippen molar-refractivity contribution in [2.24, 2.45) is 0 Å². The van der Waals surface area contributed by atoms with Crippen molar-refractivity contribution in [3.63, 3.8) is 0 Å². The lowest BCUT2D eigenvalue weighted by Gasteiger charge is -2.09. The summed E-state index contributed by atoms with van der Waals surface area (Å²) in [6.45, 7) is 4.33. The molecule has 1 aromatic carbocycles. The molecule has 0 saturated heterocycles. The van der Waals surface area contributed by atoms with Crippen LogP contribution < -0.4 is 15.6 Å². The van der Waals surface area contributed by atoms with Crippen molar-refractivity contribution in [3.8, 4) is 6.01 Å². The number of amides is 1. The minimum Gasteiger partial charge on any atom is -0.463 e. The first-order valence-electron chi connectivity index (χ1n) is 8.99. The number of pyridine rings is 1. The first kappa shape index (κ1) is 19.3. The summed E-state index contributed by atoms with van der Waals surface area (Å²) in [5.74, 6) is -0.222. The van der Waals surface area contributed by atoms with Crippen LogP contribution in [0.25, 0.3) is 0 Å². The van der Waals surface area contributed by atoms with Crippen molar-refractivity contribution in [2.45, 2.75) is 26.8 Å². The SMILES string of the molecule is Cc1cc(C)c(CNC(=O)c2ccc(CCOc3ncccn3)cc2)c(=O)[nH]1. The van der Waals surface area contributed by atoms with Crippen LogP contribution in [0.15, 0.2) is 53.6 Å². The maximum atomic E-state index is 12.4. The molecule has 0 unspecified atom stereocenters. The molecule has 0 fully saturated rings. The van der Waals surface area contributed by atoms with Gasteiger partial charge < -0.3 is 15.0 Å². The third kappa shape index (κ3) is 5.03. The number of carbonyl (C=O) groups excluding carboxylic acids is 1. The molecule has 28 heavy (non-hydrogen) atoms. The standard InChI is InChI=1S/C21H22N4O3/c1-14-12-15(2)25-20(27)18(14)13-24-19(26)17-6-4-16(5-7-17)8-11-28-21-22-9-3-10-23-21/h3-7,9-10,12H,8,11,13H2,1-2H3,(H,24,26)(H,25,27). The Morgan fingerprint density at radius 1 is 1.14 bits per heavy atom. The minimum absolute atomic E-state index is 0.171. The maximum absolute atomic E-state index is 12.4. The Morgan fingerprint density at radius 2 is 1.86 bits per heavy atom. The molecule has 7 heteroatoms. The Bertz CT molecular complexity index is 998. The molecule has 0 spiro atoms. The summed E-state index contributed by atoms with van der Waals surface area (Å²) >= 11 is 0. The second-order valence-electron chi connectivity index (χ2n) is 6.45. The van der Waals surface area contributed by atoms with E-state index >= 15 is 0 Å². The van der Waals surface area contributed by atoms with Gasteiger partial charge in [-0.2, -0.15) is 0 Å². The van der Waals surface area contributed by atoms with E-state index in [4.69, 9.17) is 4.74 Å². The van der Waals surface area contributed by atoms with Gasteiger partial charge in [-0.15, -0.1) is 0 Å². The highest BCUT2D eigenvalue weighted by atomic mass is 16.5. The van der Waals surface area contributed by atoms with Crippen LogP contribution in [0.1, 0.15) is 32.7 Å². The molecule has 1 amide bonds. The van der Waals surface area contributed by atoms with Gasteiger partial charge in [-0.3, -0.25) is 9.59 Å². The molecule has 0 saturated carbocycles. The lowest BCUT2D eigenvalue weighted by Crippen LogP contribution is -2.27. The van der Waals surface area contributed by atoms with E-state index in [0.717, 1.165) is 16.8 Å². The Hall–Kier alpha value is -3.48. The summed E-state index contributed by atoms with van der Waals surface area (Å²) in [5.41, 5.74) is 3.64. The van der Waals surface area contributed by atoms with Crippen molar-refractivity contribution in [1.29, 1.82) is 0 Å². The summed E-state index contributed by atoms with van der Waals surface area (Å²) in [6.07, 6.45) is 3.93. The number of ether oxygens (including phenoxy) is 1. The average Bonchev–Trinajstić information content (AvgIpc) is 2.68. The molecule has 2 N–H and O–H groups in total. The lowest BCUT2D eigenvalue weighted by atomic mass is 10.1. The Balaban J connectivity index is 1.53. The molecule has 0 atom stereocenters. The van der Waals surface area contributed by atoms with Gasteiger partial charge in [0.05, 0.1) is 6.61 Å². The van der Waals surface area contributed by atoms with E-state index in [2.05, 4.69) is 20.3 Å². The molecular formula is C21H22N4O3. The molecule has 144 valence electrons. The quantitative estimate of drug-likeness (QED) is 0.658. The van der Waals surface area contributed by atoms with E-state index in [-0.39, 0.29) is 18.0 Å². The molecule has 0 aliphatic heterocycles. The number of aromatic nitrogens is 3. The number of aryl methyl sites for hydroxylation is 2. The van der Waals surface area contributed by atoms with Crippen molar-refractivity contribution < 1.29 is 9.53 Å². The number of rotatable bonds is 7. The largest absolute Gasteiger partial charge is 0.463 e. The highest BCUT2D eigenvalue weighted by Crippen LogP contribution is 2.08. The van der Waals surface area contributed by atoms with E-state index in [9.17, 15) is 9.59 Å². The van der Waals surface area contributed by atoms with Crippen LogP contribution in [-0.2, 0) is 13.0 Å². The first-order chi connectivity index (χ1) is 13.5. The van der Waals surface area contributed by atoms with Crippen LogP contribution in [0, 0.1) is 13.8 Å². The molecule has 0 aliphatic rings. The zero-order valence-corrected chi connectivity index (χ0v) is 15.9. The predicted octanol–water partition coefficient (Wildman–Crippen LogP) is 2.33. The average molecular weight is 378 g/mol. The third-order valence-electron chi connectivity index (χ3n) is 4.30. The van der Waals surface area contributed by atoms with Crippen molar-refractivity contribution >= 4 is 5.91 Å². The molecule has 2 aromatic heterocycles. The van der Waals surface area contributed by atoms with Gasteiger partial charge in [-0.25, -0.2) is 9.97 Å². The number of nitrogens with zero attached hydrogens (tertiary/aromatic N) is 2. The smallest absolute Gasteiger partial charge is 0.316 e. The molecule has 0 bridgehead atoms. The molecule has 2 heterocycles. The summed E-state index contributed by atoms with van der Waals surface area (Å²) in [4.78, 5) is 35.1. The summed E-state index contributed by atoms with van der Waals surface area (Å²) in [7, 11) is 0. The van der Waals surface area contributed by atoms with Crippen LogP contribution in [0.5, 0.6) is 6.01 Å². The molecule has 0 aliphatic carbocycles. The minimum atomic E-state index is -0.222. The van der Waals surface area contributed by atoms with Gasteiger partial charge >= 0.3 is 6.01 Å². The van der Waals surface area contributed by atoms with Gasteiger partial charge in [-0.1, -0.05) is 12.1 Å². The van der Waals surface area contributed by atoms with Gasteiger partial charge in [0.2, 0.25) is 0 Å². The third-order valence-corrected chi connectivity index (χ3v) is 4.30. The molecule has 7 nitrogen and oxygen atoms in total. The van der Waals surface area contributed by atoms with E-state index < -0.39 is 0 Å². The van der Waals surface area contributed by atoms with Gasteiger partial charge in [0.25, 0.3) is 11.5 Å². The van der Waals surface area contributed by atoms with Gasteiger partial charge in [0.1, 0.15) is 0 Å². The van der Waals surface area contributed by atoms with Crippen LogP contribution in [0.3, 0.4) is 0 Å². The first-order valence-corrected chi connectivity index (χ1v) is 8.99. The Morgan fingerprint density at radius 3 is 2.54 bits per heavy atom. The highest BCUT2D eigenvalue weighted by molar-refractivity contribution is 5.94. The van der Waals surface area contributed by atoms with E-state index in [1.807, 2.05) is 32.0 Å². The van der Waals surface area contributed by atoms with Crippen molar-refractivity contribution in [3.05, 3.63) is 87.1 Å². The lowest BCUT2D eigenvalue weighted by molar-refractivity contribution is 0.0950. The topological polar surface area (TPSA) is 97.0 Å². The van der Waals surface area contributed by atoms with E-state index in [1.165, 1.54) is 0 Å². The Labute approximate surface area is 162 Å². The fourth-order valence-corrected chi connectivity index (χ4v) is 2.81. The molecule has 0 radical (unpaired) electrons. The highest BCUT2D eigenvalue weighted by Gasteiger charge is 2.09. The fraction of sp³-hybridized carbons (Fsp3) is 0.238. The van der Waals surface area contributed by atoms with E-state index in [1.54, 1.807) is 30.6 Å². The fourth-order valence-electron chi connectivity index (χ4n) is 2.81. The summed E-state index contributed by atoms with van der Waals surface area (Å²) < 4.78 is 5.47. The second kappa shape index (κ2) is 8.94. The summed E-state index contributed by atoms with van der Waals surface area (Å²) in [6, 6.07) is 11.3. The molecule has 3 aromatic rings. The number of carbonyl (C=O) groups is 1. The predicted molar refractivity (Wildman–Crippen MR) is 105 cm³/mol. The number of H-pyrrole nitrogens is 1. The molecule has 3 rings (SSSR count). The Kier molecular flexibility index (Phi) is 6.16. The molecular weight excluding hydrogens is 356 g/mol. The number of nitrogens with one attached hydrogen (secondary N) is 2. The van der Waals surface area contributed by atoms with Crippen LogP contribution in [0.2, 0.25) is 0 Å². The zero-order chi connectivity index (χ0) is 19.9. The number of benzene rings is 1.